The van der Waals surface area contributed by atoms with Gasteiger partial charge in [-0.15, -0.1) is 0 Å². The standard InChI is InChI=1S/C17H22F2N2O3/c1-11-8-13(15(19)9-14(11)18)17(24)21-6-3-4-12(5-7-21)20(2)10-16(22)23/h8-9,12H,3-7,10H2,1-2H3,(H,22,23)/t12-/m1/s1. The van der Waals surface area contributed by atoms with Gasteiger partial charge in [-0.1, -0.05) is 0 Å². The lowest BCUT2D eigenvalue weighted by Gasteiger charge is -2.25. The summed E-state index contributed by atoms with van der Waals surface area (Å²) in [6.07, 6.45) is 2.11. The summed E-state index contributed by atoms with van der Waals surface area (Å²) in [7, 11) is 1.75. The molecule has 0 bridgehead atoms. The summed E-state index contributed by atoms with van der Waals surface area (Å²) in [6, 6.07) is 2.05. The maximum absolute atomic E-state index is 13.9. The van der Waals surface area contributed by atoms with Crippen molar-refractivity contribution >= 4 is 11.9 Å². The Hall–Kier alpha value is -2.02. The fourth-order valence-electron chi connectivity index (χ4n) is 3.06. The quantitative estimate of drug-likeness (QED) is 0.914. The minimum atomic E-state index is -0.890. The zero-order chi connectivity index (χ0) is 17.9. The number of amides is 1. The lowest BCUT2D eigenvalue weighted by Crippen LogP contribution is -2.37. The summed E-state index contributed by atoms with van der Waals surface area (Å²) in [5, 5.41) is 8.87. The van der Waals surface area contributed by atoms with Crippen molar-refractivity contribution in [2.45, 2.75) is 32.2 Å². The average molecular weight is 340 g/mol. The van der Waals surface area contributed by atoms with E-state index in [4.69, 9.17) is 5.11 Å². The van der Waals surface area contributed by atoms with Gasteiger partial charge in [-0.05, 0) is 44.9 Å². The second kappa shape index (κ2) is 7.70. The molecule has 1 aliphatic heterocycles. The smallest absolute Gasteiger partial charge is 0.317 e. The van der Waals surface area contributed by atoms with Crippen molar-refractivity contribution in [3.05, 3.63) is 34.9 Å². The summed E-state index contributed by atoms with van der Waals surface area (Å²) in [6.45, 7) is 2.34. The van der Waals surface area contributed by atoms with Gasteiger partial charge in [0, 0.05) is 25.2 Å². The number of carboxylic acid groups (broad SMARTS) is 1. The van der Waals surface area contributed by atoms with E-state index in [1.165, 1.54) is 13.0 Å². The van der Waals surface area contributed by atoms with Crippen LogP contribution in [0.2, 0.25) is 0 Å². The van der Waals surface area contributed by atoms with Gasteiger partial charge in [-0.3, -0.25) is 14.5 Å². The topological polar surface area (TPSA) is 60.9 Å². The van der Waals surface area contributed by atoms with Crippen LogP contribution in [0.4, 0.5) is 8.78 Å². The van der Waals surface area contributed by atoms with Crippen LogP contribution in [0.1, 0.15) is 35.2 Å². The fraction of sp³-hybridized carbons (Fsp3) is 0.529. The molecule has 0 saturated carbocycles. The van der Waals surface area contributed by atoms with Gasteiger partial charge in [-0.2, -0.15) is 0 Å². The molecule has 0 aliphatic carbocycles. The molecule has 1 amide bonds. The molecule has 0 spiro atoms. The highest BCUT2D eigenvalue weighted by Crippen LogP contribution is 2.20. The number of nitrogens with zero attached hydrogens (tertiary/aromatic N) is 2. The van der Waals surface area contributed by atoms with Crippen molar-refractivity contribution in [3.8, 4) is 0 Å². The molecule has 1 fully saturated rings. The average Bonchev–Trinajstić information content (AvgIpc) is 2.75. The molecule has 1 heterocycles. The van der Waals surface area contributed by atoms with E-state index in [2.05, 4.69) is 0 Å². The van der Waals surface area contributed by atoms with Crippen molar-refractivity contribution in [3.63, 3.8) is 0 Å². The predicted octanol–water partition coefficient (Wildman–Crippen LogP) is 2.28. The number of hydrogen-bond acceptors (Lipinski definition) is 3. The number of likely N-dealkylation sites (N-methyl/N-ethyl adjacent to an activating group) is 1. The Bertz CT molecular complexity index is 637. The molecule has 5 nitrogen and oxygen atoms in total. The van der Waals surface area contributed by atoms with Crippen molar-refractivity contribution in [2.75, 3.05) is 26.7 Å². The van der Waals surface area contributed by atoms with E-state index < -0.39 is 23.5 Å². The van der Waals surface area contributed by atoms with E-state index in [1.807, 2.05) is 0 Å². The van der Waals surface area contributed by atoms with E-state index in [0.717, 1.165) is 12.5 Å². The summed E-state index contributed by atoms with van der Waals surface area (Å²) in [5.41, 5.74) is 0.111. The summed E-state index contributed by atoms with van der Waals surface area (Å²) < 4.78 is 27.3. The Kier molecular flexibility index (Phi) is 5.88. The molecule has 0 unspecified atom stereocenters. The highest BCUT2D eigenvalue weighted by Gasteiger charge is 2.26. The van der Waals surface area contributed by atoms with Gasteiger partial charge in [0.2, 0.25) is 0 Å². The molecular formula is C17H22F2N2O3. The van der Waals surface area contributed by atoms with Crippen molar-refractivity contribution < 1.29 is 23.5 Å². The minimum absolute atomic E-state index is 0.0512. The van der Waals surface area contributed by atoms with Crippen LogP contribution in [-0.2, 0) is 4.79 Å². The maximum atomic E-state index is 13.9. The first kappa shape index (κ1) is 18.3. The minimum Gasteiger partial charge on any atom is -0.480 e. The molecule has 2 rings (SSSR count). The Balaban J connectivity index is 2.07. The number of aliphatic carboxylic acids is 1. The largest absolute Gasteiger partial charge is 0.480 e. The molecular weight excluding hydrogens is 318 g/mol. The van der Waals surface area contributed by atoms with Gasteiger partial charge in [0.15, 0.2) is 0 Å². The Morgan fingerprint density at radius 2 is 1.96 bits per heavy atom. The van der Waals surface area contributed by atoms with Crippen molar-refractivity contribution in [1.29, 1.82) is 0 Å². The third-order valence-electron chi connectivity index (χ3n) is 4.47. The Morgan fingerprint density at radius 1 is 1.25 bits per heavy atom. The number of carbonyl (C=O) groups excluding carboxylic acids is 1. The molecule has 0 aromatic heterocycles. The van der Waals surface area contributed by atoms with E-state index in [9.17, 15) is 18.4 Å². The Morgan fingerprint density at radius 3 is 2.62 bits per heavy atom. The lowest BCUT2D eigenvalue weighted by molar-refractivity contribution is -0.138. The zero-order valence-electron chi connectivity index (χ0n) is 13.9. The SMILES string of the molecule is Cc1cc(C(=O)N2CCC[C@@H](N(C)CC(=O)O)CC2)c(F)cc1F. The summed E-state index contributed by atoms with van der Waals surface area (Å²) >= 11 is 0. The van der Waals surface area contributed by atoms with Crippen LogP contribution < -0.4 is 0 Å². The third kappa shape index (κ3) is 4.29. The molecule has 1 N–H and O–H groups in total. The number of rotatable bonds is 4. The second-order valence-electron chi connectivity index (χ2n) is 6.27. The maximum Gasteiger partial charge on any atom is 0.317 e. The third-order valence-corrected chi connectivity index (χ3v) is 4.47. The van der Waals surface area contributed by atoms with Gasteiger partial charge in [0.25, 0.3) is 5.91 Å². The molecule has 0 radical (unpaired) electrons. The van der Waals surface area contributed by atoms with Gasteiger partial charge in [-0.25, -0.2) is 8.78 Å². The van der Waals surface area contributed by atoms with Crippen LogP contribution in [0.3, 0.4) is 0 Å². The van der Waals surface area contributed by atoms with E-state index in [1.54, 1.807) is 16.8 Å². The van der Waals surface area contributed by atoms with Crippen LogP contribution in [0.5, 0.6) is 0 Å². The van der Waals surface area contributed by atoms with Gasteiger partial charge >= 0.3 is 5.97 Å². The van der Waals surface area contributed by atoms with Crippen molar-refractivity contribution in [1.82, 2.24) is 9.80 Å². The van der Waals surface area contributed by atoms with Crippen LogP contribution in [0, 0.1) is 18.6 Å². The summed E-state index contributed by atoms with van der Waals surface area (Å²) in [5.74, 6) is -2.86. The summed E-state index contributed by atoms with van der Waals surface area (Å²) in [4.78, 5) is 26.7. The molecule has 1 saturated heterocycles. The number of benzene rings is 1. The van der Waals surface area contributed by atoms with Gasteiger partial charge < -0.3 is 10.0 Å². The van der Waals surface area contributed by atoms with Crippen LogP contribution in [0.15, 0.2) is 12.1 Å². The monoisotopic (exact) mass is 340 g/mol. The zero-order valence-corrected chi connectivity index (χ0v) is 13.9. The molecule has 1 aromatic carbocycles. The molecule has 7 heteroatoms. The van der Waals surface area contributed by atoms with Crippen LogP contribution in [-0.4, -0.2) is 59.5 Å². The van der Waals surface area contributed by atoms with E-state index in [-0.39, 0.29) is 23.7 Å². The molecule has 1 aromatic rings. The second-order valence-corrected chi connectivity index (χ2v) is 6.27. The highest BCUT2D eigenvalue weighted by atomic mass is 19.1. The lowest BCUT2D eigenvalue weighted by atomic mass is 10.1. The normalized spacial score (nSPS) is 18.5. The van der Waals surface area contributed by atoms with E-state index in [0.29, 0.717) is 25.9 Å². The molecule has 132 valence electrons. The number of carbonyl (C=O) groups is 2. The molecule has 1 atom stereocenters. The number of hydrogen-bond donors (Lipinski definition) is 1. The van der Waals surface area contributed by atoms with Crippen LogP contribution in [0.25, 0.3) is 0 Å². The first-order valence-corrected chi connectivity index (χ1v) is 7.96. The first-order chi connectivity index (χ1) is 11.3. The van der Waals surface area contributed by atoms with Gasteiger partial charge in [0.05, 0.1) is 12.1 Å². The predicted molar refractivity (Wildman–Crippen MR) is 84.9 cm³/mol. The number of halogens is 2. The number of carboxylic acids is 1. The fourth-order valence-corrected chi connectivity index (χ4v) is 3.06. The van der Waals surface area contributed by atoms with Crippen LogP contribution >= 0.6 is 0 Å². The molecule has 24 heavy (non-hydrogen) atoms. The first-order valence-electron chi connectivity index (χ1n) is 7.96. The molecule has 1 aliphatic rings. The van der Waals surface area contributed by atoms with E-state index >= 15 is 0 Å². The highest BCUT2D eigenvalue weighted by molar-refractivity contribution is 5.94. The number of aryl methyl sites for hydroxylation is 1. The van der Waals surface area contributed by atoms with Crippen molar-refractivity contribution in [2.24, 2.45) is 0 Å². The van der Waals surface area contributed by atoms with Gasteiger partial charge in [0.1, 0.15) is 11.6 Å². The number of likely N-dealkylation sites (tertiary alicyclic amines) is 1. The Labute approximate surface area is 139 Å².